The topological polar surface area (TPSA) is 88.5 Å². The number of aromatic nitrogens is 1. The third-order valence-corrected chi connectivity index (χ3v) is 3.44. The van der Waals surface area contributed by atoms with Crippen LogP contribution in [-0.4, -0.2) is 29.1 Å². The van der Waals surface area contributed by atoms with Crippen molar-refractivity contribution in [2.24, 2.45) is 0 Å². The molecule has 1 amide bonds. The molecule has 0 aromatic carbocycles. The number of hydrogen-bond donors (Lipinski definition) is 2. The lowest BCUT2D eigenvalue weighted by atomic mass is 10.2. The van der Waals surface area contributed by atoms with Crippen molar-refractivity contribution in [3.05, 3.63) is 45.9 Å². The Morgan fingerprint density at radius 1 is 1.45 bits per heavy atom. The van der Waals surface area contributed by atoms with Gasteiger partial charge in [-0.15, -0.1) is 11.3 Å². The fourth-order valence-electron chi connectivity index (χ4n) is 1.58. The van der Waals surface area contributed by atoms with Crippen molar-refractivity contribution in [1.82, 2.24) is 10.3 Å². The summed E-state index contributed by atoms with van der Waals surface area (Å²) in [6.45, 7) is 0.154. The summed E-state index contributed by atoms with van der Waals surface area (Å²) >= 11 is 1.27. The highest BCUT2D eigenvalue weighted by Gasteiger charge is 2.13. The van der Waals surface area contributed by atoms with E-state index in [9.17, 15) is 9.59 Å². The molecule has 20 heavy (non-hydrogen) atoms. The van der Waals surface area contributed by atoms with E-state index in [0.717, 1.165) is 0 Å². The maximum atomic E-state index is 12.0. The number of pyridine rings is 1. The minimum Gasteiger partial charge on any atom is -0.495 e. The zero-order valence-corrected chi connectivity index (χ0v) is 11.4. The van der Waals surface area contributed by atoms with E-state index in [-0.39, 0.29) is 18.0 Å². The number of carboxylic acids is 1. The first-order valence-corrected chi connectivity index (χ1v) is 6.57. The van der Waals surface area contributed by atoms with Crippen LogP contribution in [0.1, 0.15) is 25.7 Å². The van der Waals surface area contributed by atoms with Crippen LogP contribution in [0.15, 0.2) is 29.8 Å². The number of thiophene rings is 1. The molecule has 7 heteroatoms. The molecule has 0 aliphatic rings. The highest BCUT2D eigenvalue weighted by molar-refractivity contribution is 7.12. The molecule has 104 valence electrons. The van der Waals surface area contributed by atoms with Crippen molar-refractivity contribution in [3.63, 3.8) is 0 Å². The second kappa shape index (κ2) is 6.16. The van der Waals surface area contributed by atoms with E-state index < -0.39 is 5.97 Å². The average molecular weight is 292 g/mol. The van der Waals surface area contributed by atoms with Crippen LogP contribution in [0.4, 0.5) is 0 Å². The van der Waals surface area contributed by atoms with Gasteiger partial charge in [-0.1, -0.05) is 0 Å². The van der Waals surface area contributed by atoms with E-state index in [0.29, 0.717) is 16.3 Å². The Morgan fingerprint density at radius 2 is 2.25 bits per heavy atom. The number of rotatable bonds is 5. The minimum absolute atomic E-state index is 0.137. The van der Waals surface area contributed by atoms with E-state index >= 15 is 0 Å². The van der Waals surface area contributed by atoms with Crippen LogP contribution in [0, 0.1) is 0 Å². The Bertz CT molecular complexity index is 639. The van der Waals surface area contributed by atoms with Crippen LogP contribution in [0.3, 0.4) is 0 Å². The lowest BCUT2D eigenvalue weighted by Gasteiger charge is -2.05. The SMILES string of the molecule is COc1ccsc1C(=O)NCc1cc(C(=O)O)ccn1. The van der Waals surface area contributed by atoms with Crippen molar-refractivity contribution in [3.8, 4) is 5.75 Å². The first-order chi connectivity index (χ1) is 9.61. The Hall–Kier alpha value is -2.41. The van der Waals surface area contributed by atoms with Gasteiger partial charge in [-0.25, -0.2) is 4.79 Å². The van der Waals surface area contributed by atoms with Gasteiger partial charge in [0.1, 0.15) is 10.6 Å². The summed E-state index contributed by atoms with van der Waals surface area (Å²) in [5.41, 5.74) is 0.617. The molecule has 0 aliphatic carbocycles. The summed E-state index contributed by atoms with van der Waals surface area (Å²) in [4.78, 5) is 27.3. The number of carbonyl (C=O) groups excluding carboxylic acids is 1. The van der Waals surface area contributed by atoms with Crippen LogP contribution in [0.2, 0.25) is 0 Å². The Labute approximate surface area is 119 Å². The van der Waals surface area contributed by atoms with Gasteiger partial charge >= 0.3 is 5.97 Å². The first-order valence-electron chi connectivity index (χ1n) is 5.69. The number of ether oxygens (including phenoxy) is 1. The molecule has 2 N–H and O–H groups in total. The number of nitrogens with one attached hydrogen (secondary N) is 1. The largest absolute Gasteiger partial charge is 0.495 e. The molecule has 6 nitrogen and oxygen atoms in total. The molecular formula is C13H12N2O4S. The molecule has 2 aromatic heterocycles. The first kappa shape index (κ1) is 14.0. The molecule has 0 fully saturated rings. The molecule has 0 atom stereocenters. The standard InChI is InChI=1S/C13H12N2O4S/c1-19-10-3-5-20-11(10)12(16)15-7-9-6-8(13(17)18)2-4-14-9/h2-6H,7H2,1H3,(H,15,16)(H,17,18). The molecule has 0 saturated heterocycles. The van der Waals surface area contributed by atoms with E-state index in [1.165, 1.54) is 36.8 Å². The quantitative estimate of drug-likeness (QED) is 0.877. The highest BCUT2D eigenvalue weighted by atomic mass is 32.1. The molecule has 2 rings (SSSR count). The normalized spacial score (nSPS) is 10.1. The second-order valence-corrected chi connectivity index (χ2v) is 4.76. The van der Waals surface area contributed by atoms with Gasteiger partial charge in [-0.2, -0.15) is 0 Å². The van der Waals surface area contributed by atoms with E-state index in [2.05, 4.69) is 10.3 Å². The number of carboxylic acid groups (broad SMARTS) is 1. The highest BCUT2D eigenvalue weighted by Crippen LogP contribution is 2.24. The van der Waals surface area contributed by atoms with Gasteiger partial charge in [0.05, 0.1) is 24.9 Å². The van der Waals surface area contributed by atoms with Crippen molar-refractivity contribution < 1.29 is 19.4 Å². The maximum Gasteiger partial charge on any atom is 0.335 e. The fraction of sp³-hybridized carbons (Fsp3) is 0.154. The summed E-state index contributed by atoms with van der Waals surface area (Å²) < 4.78 is 5.07. The summed E-state index contributed by atoms with van der Waals surface area (Å²) in [5, 5.41) is 13.3. The smallest absolute Gasteiger partial charge is 0.335 e. The zero-order valence-electron chi connectivity index (χ0n) is 10.6. The lowest BCUT2D eigenvalue weighted by Crippen LogP contribution is -2.23. The van der Waals surface area contributed by atoms with Crippen molar-refractivity contribution in [1.29, 1.82) is 0 Å². The minimum atomic E-state index is -1.03. The van der Waals surface area contributed by atoms with Gasteiger partial charge in [0.25, 0.3) is 5.91 Å². The van der Waals surface area contributed by atoms with Crippen molar-refractivity contribution in [2.45, 2.75) is 6.54 Å². The van der Waals surface area contributed by atoms with Crippen LogP contribution in [-0.2, 0) is 6.54 Å². The number of aromatic carboxylic acids is 1. The number of hydrogen-bond acceptors (Lipinski definition) is 5. The predicted octanol–water partition coefficient (Wildman–Crippen LogP) is 1.78. The fourth-order valence-corrected chi connectivity index (χ4v) is 2.36. The van der Waals surface area contributed by atoms with Crippen LogP contribution >= 0.6 is 11.3 Å². The molecule has 0 saturated carbocycles. The molecule has 0 aliphatic heterocycles. The van der Waals surface area contributed by atoms with Gasteiger partial charge in [-0.05, 0) is 23.6 Å². The summed E-state index contributed by atoms with van der Waals surface area (Å²) in [6, 6.07) is 4.53. The van der Waals surface area contributed by atoms with Crippen LogP contribution in [0.25, 0.3) is 0 Å². The van der Waals surface area contributed by atoms with E-state index in [1.807, 2.05) is 0 Å². The molecule has 2 aromatic rings. The molecule has 0 unspecified atom stereocenters. The number of amides is 1. The second-order valence-electron chi connectivity index (χ2n) is 3.84. The summed E-state index contributed by atoms with van der Waals surface area (Å²) in [7, 11) is 1.50. The summed E-state index contributed by atoms with van der Waals surface area (Å²) in [6.07, 6.45) is 1.40. The molecular weight excluding hydrogens is 280 g/mol. The third-order valence-electron chi connectivity index (χ3n) is 2.55. The summed E-state index contributed by atoms with van der Waals surface area (Å²) in [5.74, 6) is -0.793. The van der Waals surface area contributed by atoms with Crippen LogP contribution < -0.4 is 10.1 Å². The van der Waals surface area contributed by atoms with Crippen LogP contribution in [0.5, 0.6) is 5.75 Å². The van der Waals surface area contributed by atoms with E-state index in [1.54, 1.807) is 11.4 Å². The third kappa shape index (κ3) is 3.12. The average Bonchev–Trinajstić information content (AvgIpc) is 2.93. The molecule has 0 radical (unpaired) electrons. The number of carbonyl (C=O) groups is 2. The van der Waals surface area contributed by atoms with Gasteiger partial charge in [0.15, 0.2) is 0 Å². The zero-order chi connectivity index (χ0) is 14.5. The van der Waals surface area contributed by atoms with Gasteiger partial charge in [-0.3, -0.25) is 9.78 Å². The van der Waals surface area contributed by atoms with Gasteiger partial charge < -0.3 is 15.2 Å². The van der Waals surface area contributed by atoms with Crippen molar-refractivity contribution >= 4 is 23.2 Å². The van der Waals surface area contributed by atoms with E-state index in [4.69, 9.17) is 9.84 Å². The molecule has 0 bridgehead atoms. The maximum absolute atomic E-state index is 12.0. The Morgan fingerprint density at radius 3 is 2.95 bits per heavy atom. The van der Waals surface area contributed by atoms with Gasteiger partial charge in [0.2, 0.25) is 0 Å². The Kier molecular flexibility index (Phi) is 4.31. The Balaban J connectivity index is 2.03. The molecule has 0 spiro atoms. The molecule has 2 heterocycles. The number of nitrogens with zero attached hydrogens (tertiary/aromatic N) is 1. The predicted molar refractivity (Wildman–Crippen MR) is 73.2 cm³/mol. The number of methoxy groups -OCH3 is 1. The lowest BCUT2D eigenvalue weighted by molar-refractivity contribution is 0.0696. The van der Waals surface area contributed by atoms with Gasteiger partial charge in [0, 0.05) is 6.20 Å². The van der Waals surface area contributed by atoms with Crippen molar-refractivity contribution in [2.75, 3.05) is 7.11 Å². The monoisotopic (exact) mass is 292 g/mol.